The smallest absolute Gasteiger partial charge is 0.240 e. The molecule has 6 nitrogen and oxygen atoms in total. The molecule has 0 radical (unpaired) electrons. The van der Waals surface area contributed by atoms with E-state index in [1.165, 1.54) is 31.2 Å². The number of hydrogen-bond acceptors (Lipinski definition) is 4. The van der Waals surface area contributed by atoms with E-state index in [9.17, 15) is 18.0 Å². The Hall–Kier alpha value is -1.73. The summed E-state index contributed by atoms with van der Waals surface area (Å²) < 4.78 is 26.9. The van der Waals surface area contributed by atoms with E-state index < -0.39 is 10.0 Å². The fourth-order valence-electron chi connectivity index (χ4n) is 1.99. The zero-order valence-electron chi connectivity index (χ0n) is 11.0. The molecule has 0 spiro atoms. The van der Waals surface area contributed by atoms with Gasteiger partial charge in [0.15, 0.2) is 5.78 Å². The molecule has 20 heavy (non-hydrogen) atoms. The number of sulfonamides is 1. The number of Topliss-reactive ketones (excluding diaryl/α,β-unsaturated/α-hetero) is 1. The third-order valence-corrected chi connectivity index (χ3v) is 4.69. The average Bonchev–Trinajstić information content (AvgIpc) is 2.41. The molecule has 1 aliphatic heterocycles. The molecule has 1 heterocycles. The Labute approximate surface area is 117 Å². The van der Waals surface area contributed by atoms with Crippen molar-refractivity contribution in [2.75, 3.05) is 6.54 Å². The van der Waals surface area contributed by atoms with Crippen LogP contribution in [0.3, 0.4) is 0 Å². The fraction of sp³-hybridized carbons (Fsp3) is 0.385. The maximum absolute atomic E-state index is 12.2. The first kappa shape index (κ1) is 14.7. The number of benzene rings is 1. The van der Waals surface area contributed by atoms with Crippen LogP contribution in [-0.2, 0) is 14.8 Å². The summed E-state index contributed by atoms with van der Waals surface area (Å²) in [6, 6.07) is 5.48. The third-order valence-electron chi connectivity index (χ3n) is 3.16. The molecule has 0 saturated carbocycles. The van der Waals surface area contributed by atoms with Gasteiger partial charge in [-0.05, 0) is 25.5 Å². The Morgan fingerprint density at radius 3 is 2.45 bits per heavy atom. The quantitative estimate of drug-likeness (QED) is 0.789. The second-order valence-electron chi connectivity index (χ2n) is 4.74. The van der Waals surface area contributed by atoms with E-state index in [0.29, 0.717) is 24.9 Å². The molecule has 0 bridgehead atoms. The standard InChI is InChI=1S/C13H16N2O4S/c1-9(16)10-2-5-12(6-3-10)20(18,19)15-11-4-7-13(17)14-8-11/h2-3,5-6,11,15H,4,7-8H2,1H3,(H,14,17). The van der Waals surface area contributed by atoms with Gasteiger partial charge in [-0.25, -0.2) is 13.1 Å². The van der Waals surface area contributed by atoms with Gasteiger partial charge in [0, 0.05) is 24.6 Å². The largest absolute Gasteiger partial charge is 0.355 e. The summed E-state index contributed by atoms with van der Waals surface area (Å²) in [5.74, 6) is -0.178. The van der Waals surface area contributed by atoms with Crippen LogP contribution in [0.15, 0.2) is 29.2 Å². The maximum Gasteiger partial charge on any atom is 0.240 e. The van der Waals surface area contributed by atoms with Crippen molar-refractivity contribution in [3.63, 3.8) is 0 Å². The third kappa shape index (κ3) is 3.43. The maximum atomic E-state index is 12.2. The van der Waals surface area contributed by atoms with E-state index in [1.54, 1.807) is 0 Å². The predicted molar refractivity (Wildman–Crippen MR) is 72.8 cm³/mol. The monoisotopic (exact) mass is 296 g/mol. The number of ketones is 1. The summed E-state index contributed by atoms with van der Waals surface area (Å²) >= 11 is 0. The summed E-state index contributed by atoms with van der Waals surface area (Å²) in [5, 5.41) is 2.62. The van der Waals surface area contributed by atoms with Gasteiger partial charge >= 0.3 is 0 Å². The molecular weight excluding hydrogens is 280 g/mol. The zero-order valence-corrected chi connectivity index (χ0v) is 11.9. The molecule has 1 aliphatic rings. The minimum atomic E-state index is -3.63. The topological polar surface area (TPSA) is 92.3 Å². The summed E-state index contributed by atoms with van der Waals surface area (Å²) in [6.45, 7) is 1.72. The Morgan fingerprint density at radius 2 is 1.95 bits per heavy atom. The molecule has 0 aliphatic carbocycles. The van der Waals surface area contributed by atoms with E-state index in [0.717, 1.165) is 0 Å². The second kappa shape index (κ2) is 5.72. The van der Waals surface area contributed by atoms with Crippen molar-refractivity contribution < 1.29 is 18.0 Å². The lowest BCUT2D eigenvalue weighted by atomic mass is 10.1. The van der Waals surface area contributed by atoms with Gasteiger partial charge in [0.2, 0.25) is 15.9 Å². The van der Waals surface area contributed by atoms with Crippen LogP contribution in [0.1, 0.15) is 30.1 Å². The molecule has 1 atom stereocenters. The average molecular weight is 296 g/mol. The van der Waals surface area contributed by atoms with Crippen LogP contribution in [0.2, 0.25) is 0 Å². The minimum absolute atomic E-state index is 0.0636. The molecule has 1 aromatic rings. The number of hydrogen-bond donors (Lipinski definition) is 2. The van der Waals surface area contributed by atoms with Crippen LogP contribution >= 0.6 is 0 Å². The van der Waals surface area contributed by atoms with Crippen LogP contribution in [0.25, 0.3) is 0 Å². The van der Waals surface area contributed by atoms with Crippen molar-refractivity contribution in [2.24, 2.45) is 0 Å². The molecule has 7 heteroatoms. The van der Waals surface area contributed by atoms with Gasteiger partial charge in [-0.15, -0.1) is 0 Å². The highest BCUT2D eigenvalue weighted by molar-refractivity contribution is 7.89. The van der Waals surface area contributed by atoms with E-state index in [-0.39, 0.29) is 22.6 Å². The van der Waals surface area contributed by atoms with E-state index in [1.807, 2.05) is 0 Å². The van der Waals surface area contributed by atoms with Crippen molar-refractivity contribution in [2.45, 2.75) is 30.7 Å². The van der Waals surface area contributed by atoms with Gasteiger partial charge < -0.3 is 5.32 Å². The van der Waals surface area contributed by atoms with Crippen LogP contribution in [-0.4, -0.2) is 32.7 Å². The molecule has 1 aromatic carbocycles. The van der Waals surface area contributed by atoms with E-state index in [4.69, 9.17) is 0 Å². The number of nitrogens with one attached hydrogen (secondary N) is 2. The first-order valence-corrected chi connectivity index (χ1v) is 7.77. The van der Waals surface area contributed by atoms with Crippen LogP contribution in [0.5, 0.6) is 0 Å². The molecule has 1 amide bonds. The lowest BCUT2D eigenvalue weighted by Gasteiger charge is -2.23. The molecule has 1 fully saturated rings. The Bertz CT molecular complexity index is 612. The predicted octanol–water partition coefficient (Wildman–Crippen LogP) is 0.446. The second-order valence-corrected chi connectivity index (χ2v) is 6.46. The highest BCUT2D eigenvalue weighted by Gasteiger charge is 2.24. The summed E-state index contributed by atoms with van der Waals surface area (Å²) in [5.41, 5.74) is 0.467. The van der Waals surface area contributed by atoms with Gasteiger partial charge in [0.25, 0.3) is 0 Å². The summed E-state index contributed by atoms with van der Waals surface area (Å²) in [4.78, 5) is 22.3. The van der Waals surface area contributed by atoms with Crippen molar-refractivity contribution >= 4 is 21.7 Å². The van der Waals surface area contributed by atoms with Gasteiger partial charge in [-0.1, -0.05) is 12.1 Å². The molecule has 2 rings (SSSR count). The van der Waals surface area contributed by atoms with E-state index in [2.05, 4.69) is 10.0 Å². The Kier molecular flexibility index (Phi) is 4.20. The van der Waals surface area contributed by atoms with Crippen molar-refractivity contribution in [3.05, 3.63) is 29.8 Å². The first-order chi connectivity index (χ1) is 9.38. The number of carbonyl (C=O) groups excluding carboxylic acids is 2. The molecule has 1 saturated heterocycles. The number of amides is 1. The minimum Gasteiger partial charge on any atom is -0.355 e. The molecular formula is C13H16N2O4S. The van der Waals surface area contributed by atoms with Crippen LogP contribution < -0.4 is 10.0 Å². The summed E-state index contributed by atoms with van der Waals surface area (Å²) in [6.07, 6.45) is 0.799. The van der Waals surface area contributed by atoms with Gasteiger partial charge in [0.05, 0.1) is 4.90 Å². The highest BCUT2D eigenvalue weighted by atomic mass is 32.2. The SMILES string of the molecule is CC(=O)c1ccc(S(=O)(=O)NC2CCC(=O)NC2)cc1. The lowest BCUT2D eigenvalue weighted by Crippen LogP contribution is -2.47. The highest BCUT2D eigenvalue weighted by Crippen LogP contribution is 2.13. The van der Waals surface area contributed by atoms with Crippen LogP contribution in [0, 0.1) is 0 Å². The van der Waals surface area contributed by atoms with Crippen LogP contribution in [0.4, 0.5) is 0 Å². The van der Waals surface area contributed by atoms with Crippen molar-refractivity contribution in [1.29, 1.82) is 0 Å². The lowest BCUT2D eigenvalue weighted by molar-refractivity contribution is -0.122. The molecule has 2 N–H and O–H groups in total. The van der Waals surface area contributed by atoms with Crippen molar-refractivity contribution in [1.82, 2.24) is 10.0 Å². The number of carbonyl (C=O) groups is 2. The fourth-order valence-corrected chi connectivity index (χ4v) is 3.26. The molecule has 0 aromatic heterocycles. The summed E-state index contributed by atoms with van der Waals surface area (Å²) in [7, 11) is -3.63. The van der Waals surface area contributed by atoms with Gasteiger partial charge in [-0.2, -0.15) is 0 Å². The number of rotatable bonds is 4. The van der Waals surface area contributed by atoms with Gasteiger partial charge in [-0.3, -0.25) is 9.59 Å². The van der Waals surface area contributed by atoms with Crippen molar-refractivity contribution in [3.8, 4) is 0 Å². The first-order valence-electron chi connectivity index (χ1n) is 6.28. The zero-order chi connectivity index (χ0) is 14.8. The van der Waals surface area contributed by atoms with Gasteiger partial charge in [0.1, 0.15) is 0 Å². The normalized spacial score (nSPS) is 19.4. The van der Waals surface area contributed by atoms with E-state index >= 15 is 0 Å². The molecule has 1 unspecified atom stereocenters. The Balaban J connectivity index is 2.10. The Morgan fingerprint density at radius 1 is 1.30 bits per heavy atom. The number of piperidine rings is 1. The molecule has 108 valence electrons.